The number of aromatic amines is 1. The van der Waals surface area contributed by atoms with Gasteiger partial charge in [0.05, 0.1) is 27.1 Å². The summed E-state index contributed by atoms with van der Waals surface area (Å²) >= 11 is 6.36. The second-order valence-corrected chi connectivity index (χ2v) is 6.48. The summed E-state index contributed by atoms with van der Waals surface area (Å²) in [4.78, 5) is 10.5. The summed E-state index contributed by atoms with van der Waals surface area (Å²) in [5.74, 6) is -0.536. The Morgan fingerprint density at radius 3 is 2.68 bits per heavy atom. The average Bonchev–Trinajstić information content (AvgIpc) is 3.11. The van der Waals surface area contributed by atoms with Gasteiger partial charge in [0, 0.05) is 12.1 Å². The molecule has 0 aliphatic carbocycles. The molecule has 1 aliphatic heterocycles. The van der Waals surface area contributed by atoms with E-state index in [4.69, 9.17) is 22.1 Å². The number of allylic oxidation sites excluding steroid dienone is 1. The van der Waals surface area contributed by atoms with Gasteiger partial charge in [-0.25, -0.2) is 0 Å². The van der Waals surface area contributed by atoms with Gasteiger partial charge in [0.15, 0.2) is 0 Å². The van der Waals surface area contributed by atoms with E-state index >= 15 is 0 Å². The summed E-state index contributed by atoms with van der Waals surface area (Å²) in [6.07, 6.45) is 0. The fraction of sp³-hybridized carbons (Fsp3) is 0.0526. The Labute approximate surface area is 164 Å². The molecule has 2 aromatic carbocycles. The minimum Gasteiger partial charge on any atom is -0.420 e. The molecular weight excluding hydrogens is 382 g/mol. The number of nitrogens with two attached hydrogens (primary N) is 1. The fourth-order valence-corrected chi connectivity index (χ4v) is 3.53. The van der Waals surface area contributed by atoms with Crippen LogP contribution in [0, 0.1) is 21.4 Å². The first-order valence-electron chi connectivity index (χ1n) is 8.16. The maximum absolute atomic E-state index is 11.0. The minimum atomic E-state index is -0.684. The lowest BCUT2D eigenvalue weighted by Gasteiger charge is -2.24. The molecule has 9 heteroatoms. The second-order valence-electron chi connectivity index (χ2n) is 6.07. The predicted octanol–water partition coefficient (Wildman–Crippen LogP) is 3.86. The maximum atomic E-state index is 11.0. The molecule has 0 bridgehead atoms. The van der Waals surface area contributed by atoms with Crippen molar-refractivity contribution in [2.45, 2.75) is 5.92 Å². The van der Waals surface area contributed by atoms with Crippen molar-refractivity contribution in [3.63, 3.8) is 0 Å². The summed E-state index contributed by atoms with van der Waals surface area (Å²) in [6.45, 7) is 0. The van der Waals surface area contributed by atoms with Crippen LogP contribution in [0.15, 0.2) is 60.0 Å². The van der Waals surface area contributed by atoms with Gasteiger partial charge in [-0.05, 0) is 17.2 Å². The molecule has 0 amide bonds. The number of aromatic nitrogens is 2. The van der Waals surface area contributed by atoms with Gasteiger partial charge in [-0.15, -0.1) is 5.10 Å². The molecule has 4 rings (SSSR count). The van der Waals surface area contributed by atoms with E-state index in [0.717, 1.165) is 5.56 Å². The van der Waals surface area contributed by atoms with Crippen molar-refractivity contribution in [1.29, 1.82) is 5.26 Å². The maximum Gasteiger partial charge on any atom is 0.270 e. The highest BCUT2D eigenvalue weighted by atomic mass is 35.5. The minimum absolute atomic E-state index is 0.0828. The average molecular weight is 394 g/mol. The van der Waals surface area contributed by atoms with E-state index in [9.17, 15) is 15.4 Å². The number of nitro benzene ring substituents is 1. The largest absolute Gasteiger partial charge is 0.420 e. The number of H-pyrrole nitrogens is 1. The summed E-state index contributed by atoms with van der Waals surface area (Å²) in [5, 5.41) is 28.0. The molecule has 1 atom stereocenters. The lowest BCUT2D eigenvalue weighted by molar-refractivity contribution is -0.384. The van der Waals surface area contributed by atoms with Crippen LogP contribution < -0.4 is 10.5 Å². The SMILES string of the molecule is N#CC1=C(N)Oc2n[nH]c(-c3ccccc3)c2C1c1ccc([N+](=O)[O-])cc1Cl. The molecular formula is C19H12ClN5O3. The second kappa shape index (κ2) is 6.72. The molecule has 3 aromatic rings. The van der Waals surface area contributed by atoms with Gasteiger partial charge in [-0.2, -0.15) is 5.26 Å². The molecule has 138 valence electrons. The van der Waals surface area contributed by atoms with Crippen LogP contribution in [-0.2, 0) is 0 Å². The van der Waals surface area contributed by atoms with Gasteiger partial charge in [-0.1, -0.05) is 41.9 Å². The molecule has 1 unspecified atom stereocenters. The number of hydrogen-bond donors (Lipinski definition) is 2. The van der Waals surface area contributed by atoms with E-state index in [1.54, 1.807) is 0 Å². The van der Waals surface area contributed by atoms with Crippen LogP contribution in [-0.4, -0.2) is 15.1 Å². The van der Waals surface area contributed by atoms with Gasteiger partial charge in [0.25, 0.3) is 5.69 Å². The Morgan fingerprint density at radius 1 is 1.29 bits per heavy atom. The van der Waals surface area contributed by atoms with Gasteiger partial charge in [-0.3, -0.25) is 15.2 Å². The van der Waals surface area contributed by atoms with E-state index in [2.05, 4.69) is 16.3 Å². The zero-order valence-corrected chi connectivity index (χ0v) is 15.0. The molecule has 3 N–H and O–H groups in total. The Morgan fingerprint density at radius 2 is 2.04 bits per heavy atom. The quantitative estimate of drug-likeness (QED) is 0.513. The number of hydrogen-bond acceptors (Lipinski definition) is 6. The number of nitriles is 1. The molecule has 0 saturated carbocycles. The van der Waals surface area contributed by atoms with E-state index in [-0.39, 0.29) is 28.0 Å². The standard InChI is InChI=1S/C19H12ClN5O3/c20-14-8-11(25(26)27)6-7-12(14)15-13(9-21)18(22)28-19-16(15)17(23-24-19)10-4-2-1-3-5-10/h1-8,15H,22H2,(H,23,24). The molecule has 28 heavy (non-hydrogen) atoms. The number of ether oxygens (including phenoxy) is 1. The van der Waals surface area contributed by atoms with Crippen molar-refractivity contribution in [2.24, 2.45) is 5.73 Å². The zero-order valence-electron chi connectivity index (χ0n) is 14.2. The summed E-state index contributed by atoms with van der Waals surface area (Å²) < 4.78 is 5.53. The summed E-state index contributed by atoms with van der Waals surface area (Å²) in [7, 11) is 0. The Balaban J connectivity index is 1.96. The molecule has 8 nitrogen and oxygen atoms in total. The van der Waals surface area contributed by atoms with Gasteiger partial charge in [0.1, 0.15) is 11.6 Å². The molecule has 2 heterocycles. The number of nitrogens with one attached hydrogen (secondary N) is 1. The van der Waals surface area contributed by atoms with Crippen LogP contribution in [0.3, 0.4) is 0 Å². The van der Waals surface area contributed by atoms with Crippen LogP contribution in [0.2, 0.25) is 5.02 Å². The predicted molar refractivity (Wildman–Crippen MR) is 101 cm³/mol. The smallest absolute Gasteiger partial charge is 0.270 e. The van der Waals surface area contributed by atoms with Crippen molar-refractivity contribution < 1.29 is 9.66 Å². The van der Waals surface area contributed by atoms with Crippen molar-refractivity contribution in [1.82, 2.24) is 10.2 Å². The molecule has 0 spiro atoms. The fourth-order valence-electron chi connectivity index (χ4n) is 3.24. The van der Waals surface area contributed by atoms with Crippen molar-refractivity contribution in [2.75, 3.05) is 0 Å². The third-order valence-corrected chi connectivity index (χ3v) is 4.83. The van der Waals surface area contributed by atoms with E-state index < -0.39 is 10.8 Å². The van der Waals surface area contributed by atoms with Crippen molar-refractivity contribution in [3.8, 4) is 23.2 Å². The van der Waals surface area contributed by atoms with Crippen LogP contribution in [0.25, 0.3) is 11.3 Å². The zero-order chi connectivity index (χ0) is 19.8. The highest BCUT2D eigenvalue weighted by Gasteiger charge is 2.36. The highest BCUT2D eigenvalue weighted by molar-refractivity contribution is 6.31. The molecule has 0 radical (unpaired) electrons. The highest BCUT2D eigenvalue weighted by Crippen LogP contribution is 2.47. The summed E-state index contributed by atoms with van der Waals surface area (Å²) in [5.41, 5.74) is 8.51. The van der Waals surface area contributed by atoms with Crippen LogP contribution >= 0.6 is 11.6 Å². The number of nitrogens with zero attached hydrogens (tertiary/aromatic N) is 3. The van der Waals surface area contributed by atoms with Crippen LogP contribution in [0.5, 0.6) is 5.88 Å². The number of non-ortho nitro benzene ring substituents is 1. The number of halogens is 1. The molecule has 0 saturated heterocycles. The first kappa shape index (κ1) is 17.6. The van der Waals surface area contributed by atoms with Crippen LogP contribution in [0.1, 0.15) is 17.0 Å². The third-order valence-electron chi connectivity index (χ3n) is 4.51. The number of benzene rings is 2. The number of rotatable bonds is 3. The first-order valence-corrected chi connectivity index (χ1v) is 8.54. The van der Waals surface area contributed by atoms with Crippen molar-refractivity contribution >= 4 is 17.3 Å². The lowest BCUT2D eigenvalue weighted by atomic mass is 9.83. The topological polar surface area (TPSA) is 131 Å². The van der Waals surface area contributed by atoms with Gasteiger partial charge in [0.2, 0.25) is 11.8 Å². The Kier molecular flexibility index (Phi) is 4.22. The van der Waals surface area contributed by atoms with Crippen LogP contribution in [0.4, 0.5) is 5.69 Å². The van der Waals surface area contributed by atoms with E-state index in [0.29, 0.717) is 16.8 Å². The van der Waals surface area contributed by atoms with E-state index in [1.165, 1.54) is 18.2 Å². The van der Waals surface area contributed by atoms with Gasteiger partial charge >= 0.3 is 0 Å². The van der Waals surface area contributed by atoms with Gasteiger partial charge < -0.3 is 10.5 Å². The normalized spacial score (nSPS) is 15.5. The lowest BCUT2D eigenvalue weighted by Crippen LogP contribution is -2.21. The van der Waals surface area contributed by atoms with Crippen molar-refractivity contribution in [3.05, 3.63) is 86.3 Å². The Hall–Kier alpha value is -3.83. The Bertz CT molecular complexity index is 1160. The molecule has 1 aromatic heterocycles. The first-order chi connectivity index (χ1) is 13.5. The van der Waals surface area contributed by atoms with E-state index in [1.807, 2.05) is 30.3 Å². The summed E-state index contributed by atoms with van der Waals surface area (Å²) in [6, 6.07) is 15.6. The molecule has 0 fully saturated rings. The number of fused-ring (bicyclic) bond motifs is 1. The monoisotopic (exact) mass is 393 g/mol. The third kappa shape index (κ3) is 2.74. The number of nitro groups is 1. The molecule has 1 aliphatic rings.